The van der Waals surface area contributed by atoms with Gasteiger partial charge in [-0.25, -0.2) is 0 Å². The Balaban J connectivity index is 2.46. The molecule has 0 unspecified atom stereocenters. The standard InChI is InChI=1S/C14H11ClIN3/c1-8-5-14(11(7-17)9(2)18-8)19-13-4-3-10(16)6-12(13)15/h3-6H,1-2H3,(H,18,19). The number of nitrogens with one attached hydrogen (secondary N) is 1. The quantitative estimate of drug-likeness (QED) is 0.773. The van der Waals surface area contributed by atoms with Crippen molar-refractivity contribution in [3.05, 3.63) is 49.8 Å². The van der Waals surface area contributed by atoms with Crippen LogP contribution in [0.15, 0.2) is 24.3 Å². The van der Waals surface area contributed by atoms with Crippen LogP contribution in [0.5, 0.6) is 0 Å². The van der Waals surface area contributed by atoms with Gasteiger partial charge in [0.15, 0.2) is 0 Å². The van der Waals surface area contributed by atoms with Gasteiger partial charge < -0.3 is 5.32 Å². The maximum Gasteiger partial charge on any atom is 0.103 e. The van der Waals surface area contributed by atoms with Crippen LogP contribution in [0.25, 0.3) is 0 Å². The molecule has 1 heterocycles. The zero-order chi connectivity index (χ0) is 14.0. The minimum atomic E-state index is 0.542. The minimum Gasteiger partial charge on any atom is -0.353 e. The van der Waals surface area contributed by atoms with Crippen molar-refractivity contribution in [3.63, 3.8) is 0 Å². The third kappa shape index (κ3) is 3.17. The van der Waals surface area contributed by atoms with Crippen molar-refractivity contribution >= 4 is 45.6 Å². The van der Waals surface area contributed by atoms with Crippen LogP contribution in [0.4, 0.5) is 11.4 Å². The number of pyridine rings is 1. The van der Waals surface area contributed by atoms with Crippen molar-refractivity contribution in [3.8, 4) is 6.07 Å². The summed E-state index contributed by atoms with van der Waals surface area (Å²) in [6.07, 6.45) is 0. The molecule has 0 saturated heterocycles. The van der Waals surface area contributed by atoms with Crippen molar-refractivity contribution < 1.29 is 0 Å². The van der Waals surface area contributed by atoms with E-state index in [1.165, 1.54) is 0 Å². The van der Waals surface area contributed by atoms with E-state index in [0.717, 1.165) is 20.6 Å². The Labute approximate surface area is 130 Å². The van der Waals surface area contributed by atoms with Gasteiger partial charge in [0.1, 0.15) is 6.07 Å². The molecule has 19 heavy (non-hydrogen) atoms. The smallest absolute Gasteiger partial charge is 0.103 e. The second-order valence-corrected chi connectivity index (χ2v) is 5.79. The van der Waals surface area contributed by atoms with Crippen molar-refractivity contribution in [2.75, 3.05) is 5.32 Å². The molecule has 0 fully saturated rings. The number of hydrogen-bond donors (Lipinski definition) is 1. The first-order valence-corrected chi connectivity index (χ1v) is 7.07. The molecule has 3 nitrogen and oxygen atoms in total. The summed E-state index contributed by atoms with van der Waals surface area (Å²) in [4.78, 5) is 4.29. The Bertz CT molecular complexity index is 677. The Morgan fingerprint density at radius 2 is 2.00 bits per heavy atom. The average molecular weight is 384 g/mol. The molecule has 0 saturated carbocycles. The van der Waals surface area contributed by atoms with E-state index in [1.807, 2.05) is 38.1 Å². The maximum absolute atomic E-state index is 9.22. The highest BCUT2D eigenvalue weighted by atomic mass is 127. The van der Waals surface area contributed by atoms with Crippen LogP contribution in [-0.2, 0) is 0 Å². The Hall–Kier alpha value is -1.32. The normalized spacial score (nSPS) is 10.1. The highest BCUT2D eigenvalue weighted by molar-refractivity contribution is 14.1. The number of nitriles is 1. The number of halogens is 2. The van der Waals surface area contributed by atoms with E-state index in [0.29, 0.717) is 16.3 Å². The van der Waals surface area contributed by atoms with E-state index >= 15 is 0 Å². The molecule has 96 valence electrons. The number of benzene rings is 1. The van der Waals surface area contributed by atoms with E-state index in [-0.39, 0.29) is 0 Å². The fraction of sp³-hybridized carbons (Fsp3) is 0.143. The first-order chi connectivity index (χ1) is 9.01. The van der Waals surface area contributed by atoms with Gasteiger partial charge in [-0.1, -0.05) is 11.6 Å². The molecule has 2 aromatic rings. The van der Waals surface area contributed by atoms with Gasteiger partial charge in [-0.05, 0) is 60.7 Å². The number of hydrogen-bond acceptors (Lipinski definition) is 3. The second-order valence-electron chi connectivity index (χ2n) is 4.13. The van der Waals surface area contributed by atoms with Crippen molar-refractivity contribution in [2.24, 2.45) is 0 Å². The lowest BCUT2D eigenvalue weighted by atomic mass is 10.1. The lowest BCUT2D eigenvalue weighted by Crippen LogP contribution is -2.00. The van der Waals surface area contributed by atoms with Crippen LogP contribution in [0.3, 0.4) is 0 Å². The van der Waals surface area contributed by atoms with Crippen molar-refractivity contribution in [2.45, 2.75) is 13.8 Å². The highest BCUT2D eigenvalue weighted by Crippen LogP contribution is 2.29. The monoisotopic (exact) mass is 383 g/mol. The SMILES string of the molecule is Cc1cc(Nc2ccc(I)cc2Cl)c(C#N)c(C)n1. The zero-order valence-corrected chi connectivity index (χ0v) is 13.4. The molecule has 1 aromatic heterocycles. The van der Waals surface area contributed by atoms with Crippen molar-refractivity contribution in [1.29, 1.82) is 5.26 Å². The topological polar surface area (TPSA) is 48.7 Å². The van der Waals surface area contributed by atoms with Crippen molar-refractivity contribution in [1.82, 2.24) is 4.98 Å². The summed E-state index contributed by atoms with van der Waals surface area (Å²) in [6, 6.07) is 9.75. The fourth-order valence-electron chi connectivity index (χ4n) is 1.80. The Kier molecular flexibility index (Phi) is 4.27. The number of anilines is 2. The summed E-state index contributed by atoms with van der Waals surface area (Å²) in [6.45, 7) is 3.72. The molecule has 0 amide bonds. The Morgan fingerprint density at radius 3 is 2.63 bits per heavy atom. The molecule has 1 N–H and O–H groups in total. The largest absolute Gasteiger partial charge is 0.353 e. The molecule has 0 aliphatic heterocycles. The summed E-state index contributed by atoms with van der Waals surface area (Å²) >= 11 is 8.39. The highest BCUT2D eigenvalue weighted by Gasteiger charge is 2.10. The van der Waals surface area contributed by atoms with E-state index in [4.69, 9.17) is 11.6 Å². The third-order valence-electron chi connectivity index (χ3n) is 2.64. The minimum absolute atomic E-state index is 0.542. The van der Waals surface area contributed by atoms with Gasteiger partial charge in [-0.15, -0.1) is 0 Å². The second kappa shape index (κ2) is 5.76. The van der Waals surface area contributed by atoms with E-state index in [9.17, 15) is 5.26 Å². The molecule has 0 aliphatic carbocycles. The van der Waals surface area contributed by atoms with Crippen LogP contribution in [0.1, 0.15) is 17.0 Å². The molecule has 5 heteroatoms. The van der Waals surface area contributed by atoms with Gasteiger partial charge in [0.25, 0.3) is 0 Å². The molecule has 0 aliphatic rings. The average Bonchev–Trinajstić information content (AvgIpc) is 2.32. The summed E-state index contributed by atoms with van der Waals surface area (Å²) < 4.78 is 1.07. The molecule has 0 atom stereocenters. The predicted octanol–water partition coefficient (Wildman–Crippen LogP) is 4.57. The van der Waals surface area contributed by atoms with Gasteiger partial charge in [-0.3, -0.25) is 4.98 Å². The molecular weight excluding hydrogens is 373 g/mol. The van der Waals surface area contributed by atoms with E-state index in [1.54, 1.807) is 0 Å². The van der Waals surface area contributed by atoms with Crippen LogP contribution in [0, 0.1) is 28.7 Å². The third-order valence-corrected chi connectivity index (χ3v) is 3.62. The molecule has 2 rings (SSSR count). The van der Waals surface area contributed by atoms with Crippen LogP contribution >= 0.6 is 34.2 Å². The number of rotatable bonds is 2. The zero-order valence-electron chi connectivity index (χ0n) is 10.5. The number of aromatic nitrogens is 1. The summed E-state index contributed by atoms with van der Waals surface area (Å²) in [5.41, 5.74) is 3.63. The molecular formula is C14H11ClIN3. The van der Waals surface area contributed by atoms with Gasteiger partial charge in [0, 0.05) is 9.26 Å². The number of nitrogens with zero attached hydrogens (tertiary/aromatic N) is 2. The van der Waals surface area contributed by atoms with Crippen LogP contribution < -0.4 is 5.32 Å². The number of aryl methyl sites for hydroxylation is 2. The van der Waals surface area contributed by atoms with Crippen LogP contribution in [-0.4, -0.2) is 4.98 Å². The first-order valence-electron chi connectivity index (χ1n) is 5.61. The van der Waals surface area contributed by atoms with E-state index in [2.05, 4.69) is 39.0 Å². The molecule has 1 aromatic carbocycles. The lowest BCUT2D eigenvalue weighted by Gasteiger charge is -2.12. The Morgan fingerprint density at radius 1 is 1.26 bits per heavy atom. The lowest BCUT2D eigenvalue weighted by molar-refractivity contribution is 1.11. The van der Waals surface area contributed by atoms with E-state index < -0.39 is 0 Å². The first kappa shape index (κ1) is 14.1. The molecule has 0 spiro atoms. The maximum atomic E-state index is 9.22. The summed E-state index contributed by atoms with van der Waals surface area (Å²) in [7, 11) is 0. The predicted molar refractivity (Wildman–Crippen MR) is 85.9 cm³/mol. The van der Waals surface area contributed by atoms with Gasteiger partial charge in [-0.2, -0.15) is 5.26 Å². The van der Waals surface area contributed by atoms with Gasteiger partial charge in [0.2, 0.25) is 0 Å². The van der Waals surface area contributed by atoms with Gasteiger partial charge >= 0.3 is 0 Å². The molecule has 0 bridgehead atoms. The van der Waals surface area contributed by atoms with Gasteiger partial charge in [0.05, 0.1) is 27.7 Å². The fourth-order valence-corrected chi connectivity index (χ4v) is 2.71. The molecule has 0 radical (unpaired) electrons. The summed E-state index contributed by atoms with van der Waals surface area (Å²) in [5, 5.41) is 13.0. The van der Waals surface area contributed by atoms with Crippen LogP contribution in [0.2, 0.25) is 5.02 Å². The summed E-state index contributed by atoms with van der Waals surface area (Å²) in [5.74, 6) is 0.